The molecule has 2 rings (SSSR count). The van der Waals surface area contributed by atoms with E-state index in [4.69, 9.17) is 16.3 Å². The van der Waals surface area contributed by atoms with E-state index in [1.807, 2.05) is 0 Å². The molecule has 5 nitrogen and oxygen atoms in total. The predicted octanol–water partition coefficient (Wildman–Crippen LogP) is 3.75. The third-order valence-electron chi connectivity index (χ3n) is 2.48. The molecule has 0 spiro atoms. The Hall–Kier alpha value is -2.54. The van der Waals surface area contributed by atoms with Gasteiger partial charge in [0.15, 0.2) is 11.6 Å². The second-order valence-corrected chi connectivity index (χ2v) is 4.30. The summed E-state index contributed by atoms with van der Waals surface area (Å²) in [5.74, 6) is -3.45. The maximum absolute atomic E-state index is 13.0. The second-order valence-electron chi connectivity index (χ2n) is 3.89. The normalized spacial score (nSPS) is 10.2. The van der Waals surface area contributed by atoms with Crippen molar-refractivity contribution in [2.24, 2.45) is 0 Å². The Kier molecular flexibility index (Phi) is 4.13. The molecule has 0 aromatic heterocycles. The Balaban J connectivity index is 2.26. The molecule has 21 heavy (non-hydrogen) atoms. The van der Waals surface area contributed by atoms with Gasteiger partial charge in [0.2, 0.25) is 0 Å². The summed E-state index contributed by atoms with van der Waals surface area (Å²) in [5, 5.41) is 10.6. The summed E-state index contributed by atoms with van der Waals surface area (Å²) in [4.78, 5) is 21.8. The van der Waals surface area contributed by atoms with Crippen molar-refractivity contribution in [2.75, 3.05) is 0 Å². The number of nitro benzene ring substituents is 1. The summed E-state index contributed by atoms with van der Waals surface area (Å²) in [5.41, 5.74) is -0.604. The molecule has 0 unspecified atom stereocenters. The van der Waals surface area contributed by atoms with Crippen LogP contribution in [0.1, 0.15) is 10.4 Å². The molecular weight excluding hydrogens is 308 g/mol. The summed E-state index contributed by atoms with van der Waals surface area (Å²) in [6, 6.07) is 5.87. The van der Waals surface area contributed by atoms with Gasteiger partial charge in [-0.1, -0.05) is 11.6 Å². The molecule has 8 heteroatoms. The second kappa shape index (κ2) is 5.84. The van der Waals surface area contributed by atoms with Gasteiger partial charge in [-0.15, -0.1) is 0 Å². The van der Waals surface area contributed by atoms with Crippen LogP contribution in [-0.2, 0) is 0 Å². The highest BCUT2D eigenvalue weighted by Crippen LogP contribution is 2.26. The highest BCUT2D eigenvalue weighted by molar-refractivity contribution is 6.32. The van der Waals surface area contributed by atoms with Crippen LogP contribution in [0.15, 0.2) is 36.4 Å². The minimum atomic E-state index is -1.18. The number of nitrogens with zero attached hydrogens (tertiary/aromatic N) is 1. The Morgan fingerprint density at radius 1 is 1.14 bits per heavy atom. The molecule has 108 valence electrons. The largest absolute Gasteiger partial charge is 0.423 e. The molecular formula is C13H6ClF2NO4. The van der Waals surface area contributed by atoms with Crippen LogP contribution in [0.2, 0.25) is 5.02 Å². The minimum Gasteiger partial charge on any atom is -0.423 e. The van der Waals surface area contributed by atoms with Gasteiger partial charge in [0.1, 0.15) is 10.8 Å². The van der Waals surface area contributed by atoms with Crippen molar-refractivity contribution < 1.29 is 23.2 Å². The first-order valence-corrected chi connectivity index (χ1v) is 5.87. The molecule has 0 radical (unpaired) electrons. The summed E-state index contributed by atoms with van der Waals surface area (Å²) < 4.78 is 30.5. The zero-order chi connectivity index (χ0) is 15.6. The molecule has 0 atom stereocenters. The number of benzene rings is 2. The third-order valence-corrected chi connectivity index (χ3v) is 2.80. The maximum atomic E-state index is 13.0. The molecule has 2 aromatic carbocycles. The van der Waals surface area contributed by atoms with Crippen molar-refractivity contribution in [3.05, 3.63) is 68.7 Å². The monoisotopic (exact) mass is 313 g/mol. The average Bonchev–Trinajstić information content (AvgIpc) is 2.43. The number of rotatable bonds is 3. The molecule has 0 saturated carbocycles. The van der Waals surface area contributed by atoms with Gasteiger partial charge in [0.05, 0.1) is 10.5 Å². The van der Waals surface area contributed by atoms with Gasteiger partial charge in [0, 0.05) is 12.1 Å². The van der Waals surface area contributed by atoms with Gasteiger partial charge < -0.3 is 4.74 Å². The lowest BCUT2D eigenvalue weighted by Gasteiger charge is -2.05. The fourth-order valence-electron chi connectivity index (χ4n) is 1.49. The summed E-state index contributed by atoms with van der Waals surface area (Å²) >= 11 is 5.61. The lowest BCUT2D eigenvalue weighted by molar-refractivity contribution is -0.384. The van der Waals surface area contributed by atoms with Crippen LogP contribution in [0.3, 0.4) is 0 Å². The zero-order valence-electron chi connectivity index (χ0n) is 10.2. The number of ether oxygens (including phenoxy) is 1. The first-order valence-electron chi connectivity index (χ1n) is 5.49. The van der Waals surface area contributed by atoms with E-state index in [0.29, 0.717) is 6.07 Å². The molecule has 0 heterocycles. The van der Waals surface area contributed by atoms with Crippen molar-refractivity contribution in [3.8, 4) is 5.75 Å². The first-order chi connectivity index (χ1) is 9.88. The molecule has 0 amide bonds. The van der Waals surface area contributed by atoms with E-state index in [9.17, 15) is 23.7 Å². The van der Waals surface area contributed by atoms with Gasteiger partial charge in [-0.25, -0.2) is 13.6 Å². The van der Waals surface area contributed by atoms with Crippen molar-refractivity contribution in [1.82, 2.24) is 0 Å². The molecule has 0 aliphatic carbocycles. The van der Waals surface area contributed by atoms with Gasteiger partial charge in [-0.3, -0.25) is 10.1 Å². The van der Waals surface area contributed by atoms with Crippen LogP contribution in [0, 0.1) is 21.7 Å². The number of hydrogen-bond donors (Lipinski definition) is 0. The van der Waals surface area contributed by atoms with Crippen molar-refractivity contribution in [1.29, 1.82) is 0 Å². The van der Waals surface area contributed by atoms with Gasteiger partial charge in [-0.2, -0.15) is 0 Å². The van der Waals surface area contributed by atoms with Gasteiger partial charge in [-0.05, 0) is 24.3 Å². The highest BCUT2D eigenvalue weighted by Gasteiger charge is 2.18. The van der Waals surface area contributed by atoms with E-state index >= 15 is 0 Å². The average molecular weight is 314 g/mol. The smallest absolute Gasteiger partial charge is 0.343 e. The van der Waals surface area contributed by atoms with E-state index in [2.05, 4.69) is 0 Å². The summed E-state index contributed by atoms with van der Waals surface area (Å²) in [6.07, 6.45) is 0. The van der Waals surface area contributed by atoms with Crippen LogP contribution in [-0.4, -0.2) is 10.9 Å². The van der Waals surface area contributed by atoms with E-state index in [0.717, 1.165) is 18.2 Å². The number of halogens is 3. The molecule has 0 saturated heterocycles. The van der Waals surface area contributed by atoms with Crippen LogP contribution >= 0.6 is 11.6 Å². The highest BCUT2D eigenvalue weighted by atomic mass is 35.5. The number of nitro groups is 1. The molecule has 0 aliphatic rings. The molecule has 2 aromatic rings. The summed E-state index contributed by atoms with van der Waals surface area (Å²) in [7, 11) is 0. The molecule has 0 N–H and O–H groups in total. The minimum absolute atomic E-state index is 0.135. The van der Waals surface area contributed by atoms with Crippen LogP contribution in [0.4, 0.5) is 14.5 Å². The van der Waals surface area contributed by atoms with Crippen LogP contribution in [0.5, 0.6) is 5.75 Å². The standard InChI is InChI=1S/C13H6ClF2NO4/c14-9-3-1-7(5-12(9)17(19)20)13(18)21-8-2-4-10(15)11(16)6-8/h1-6H. The number of carbonyl (C=O) groups is 1. The fourth-order valence-corrected chi connectivity index (χ4v) is 1.67. The number of esters is 1. The van der Waals surface area contributed by atoms with Crippen molar-refractivity contribution >= 4 is 23.3 Å². The number of carbonyl (C=O) groups excluding carboxylic acids is 1. The lowest BCUT2D eigenvalue weighted by Crippen LogP contribution is -2.09. The summed E-state index contributed by atoms with van der Waals surface area (Å²) in [6.45, 7) is 0. The Bertz CT molecular complexity index is 736. The Labute approximate surface area is 121 Å². The van der Waals surface area contributed by atoms with Crippen molar-refractivity contribution in [2.45, 2.75) is 0 Å². The van der Waals surface area contributed by atoms with E-state index in [1.165, 1.54) is 12.1 Å². The van der Waals surface area contributed by atoms with Gasteiger partial charge in [0.25, 0.3) is 5.69 Å². The lowest BCUT2D eigenvalue weighted by atomic mass is 10.2. The third kappa shape index (κ3) is 3.32. The molecule has 0 fully saturated rings. The maximum Gasteiger partial charge on any atom is 0.343 e. The SMILES string of the molecule is O=C(Oc1ccc(F)c(F)c1)c1ccc(Cl)c([N+](=O)[O-])c1. The van der Waals surface area contributed by atoms with E-state index < -0.39 is 28.2 Å². The van der Waals surface area contributed by atoms with E-state index in [1.54, 1.807) is 0 Å². The van der Waals surface area contributed by atoms with Crippen LogP contribution < -0.4 is 4.74 Å². The van der Waals surface area contributed by atoms with Gasteiger partial charge >= 0.3 is 5.97 Å². The zero-order valence-corrected chi connectivity index (χ0v) is 10.9. The number of hydrogen-bond acceptors (Lipinski definition) is 4. The van der Waals surface area contributed by atoms with Crippen molar-refractivity contribution in [3.63, 3.8) is 0 Å². The Morgan fingerprint density at radius 3 is 2.48 bits per heavy atom. The van der Waals surface area contributed by atoms with Crippen LogP contribution in [0.25, 0.3) is 0 Å². The Morgan fingerprint density at radius 2 is 1.86 bits per heavy atom. The first kappa shape index (κ1) is 14.9. The van der Waals surface area contributed by atoms with E-state index in [-0.39, 0.29) is 16.3 Å². The fraction of sp³-hybridized carbons (Fsp3) is 0. The molecule has 0 bridgehead atoms. The molecule has 0 aliphatic heterocycles. The predicted molar refractivity (Wildman–Crippen MR) is 69.4 cm³/mol. The quantitative estimate of drug-likeness (QED) is 0.374. The topological polar surface area (TPSA) is 69.4 Å².